The third-order valence-corrected chi connectivity index (χ3v) is 4.29. The number of non-ortho nitro benzene ring substituents is 1. The van der Waals surface area contributed by atoms with Crippen molar-refractivity contribution < 1.29 is 29.1 Å². The Hall–Kier alpha value is -2.68. The summed E-state index contributed by atoms with van der Waals surface area (Å²) in [6.07, 6.45) is -0.640. The first-order chi connectivity index (χ1) is 11.5. The number of nitrogens with zero attached hydrogens (tertiary/aromatic N) is 2. The van der Waals surface area contributed by atoms with E-state index in [9.17, 15) is 24.8 Å². The number of ether oxygens (including phenoxy) is 2. The summed E-state index contributed by atoms with van der Waals surface area (Å²) in [5.74, 6) is -0.572. The highest BCUT2D eigenvalue weighted by molar-refractivity contribution is 5.89. The quantitative estimate of drug-likeness (QED) is 0.506. The van der Waals surface area contributed by atoms with E-state index in [1.54, 1.807) is 0 Å². The van der Waals surface area contributed by atoms with Gasteiger partial charge < -0.3 is 14.6 Å². The molecule has 128 valence electrons. The predicted octanol–water partition coefficient (Wildman–Crippen LogP) is 1.66. The molecular weight excluding hydrogens is 320 g/mol. The van der Waals surface area contributed by atoms with Crippen LogP contribution in [0.5, 0.6) is 0 Å². The van der Waals surface area contributed by atoms with Crippen molar-refractivity contribution in [1.29, 1.82) is 0 Å². The maximum atomic E-state index is 12.2. The number of fused-ring (bicyclic) bond motifs is 2. The zero-order valence-corrected chi connectivity index (χ0v) is 12.7. The number of nitro benzene ring substituents is 1. The molecule has 3 atom stereocenters. The normalized spacial score (nSPS) is 25.8. The highest BCUT2D eigenvalue weighted by Crippen LogP contribution is 2.30. The van der Waals surface area contributed by atoms with Crippen LogP contribution in [0.1, 0.15) is 23.2 Å². The lowest BCUT2D eigenvalue weighted by Gasteiger charge is -2.46. The minimum atomic E-state index is -0.992. The average molecular weight is 336 g/mol. The first-order valence-electron chi connectivity index (χ1n) is 7.50. The molecule has 0 spiro atoms. The standard InChI is InChI=1S/C15H16N2O7/c18-14(9-1-3-10(4-2-9)17(21)22)24-13-5-11-7-23-8-12(6-13)16(11)15(19)20/h1-4,11-13H,5-8H2,(H,19,20)/t11-,12+,13+. The Morgan fingerprint density at radius 2 is 1.79 bits per heavy atom. The molecule has 3 rings (SSSR count). The van der Waals surface area contributed by atoms with E-state index in [1.807, 2.05) is 0 Å². The van der Waals surface area contributed by atoms with Gasteiger partial charge in [-0.2, -0.15) is 0 Å². The number of rotatable bonds is 3. The maximum Gasteiger partial charge on any atom is 0.407 e. The van der Waals surface area contributed by atoms with E-state index in [0.29, 0.717) is 12.8 Å². The van der Waals surface area contributed by atoms with E-state index in [-0.39, 0.29) is 36.5 Å². The van der Waals surface area contributed by atoms with Gasteiger partial charge in [-0.25, -0.2) is 9.59 Å². The van der Waals surface area contributed by atoms with E-state index < -0.39 is 23.1 Å². The Kier molecular flexibility index (Phi) is 4.34. The van der Waals surface area contributed by atoms with Gasteiger partial charge in [0.2, 0.25) is 0 Å². The minimum absolute atomic E-state index is 0.104. The molecule has 2 aliphatic rings. The van der Waals surface area contributed by atoms with Gasteiger partial charge in [0.15, 0.2) is 0 Å². The lowest BCUT2D eigenvalue weighted by Crippen LogP contribution is -2.60. The summed E-state index contributed by atoms with van der Waals surface area (Å²) in [6, 6.07) is 4.51. The van der Waals surface area contributed by atoms with Crippen LogP contribution >= 0.6 is 0 Å². The van der Waals surface area contributed by atoms with E-state index in [2.05, 4.69) is 0 Å². The van der Waals surface area contributed by atoms with Crippen LogP contribution in [0, 0.1) is 10.1 Å². The molecule has 0 unspecified atom stereocenters. The molecule has 2 fully saturated rings. The highest BCUT2D eigenvalue weighted by Gasteiger charge is 2.43. The summed E-state index contributed by atoms with van der Waals surface area (Å²) in [6.45, 7) is 0.572. The number of nitro groups is 1. The second-order valence-corrected chi connectivity index (χ2v) is 5.84. The third kappa shape index (κ3) is 3.16. The smallest absolute Gasteiger partial charge is 0.407 e. The van der Waals surface area contributed by atoms with Gasteiger partial charge in [-0.3, -0.25) is 15.0 Å². The Morgan fingerprint density at radius 1 is 1.21 bits per heavy atom. The van der Waals surface area contributed by atoms with Crippen molar-refractivity contribution in [1.82, 2.24) is 4.90 Å². The molecular formula is C15H16N2O7. The summed E-state index contributed by atoms with van der Waals surface area (Å²) in [4.78, 5) is 34.9. The second kappa shape index (κ2) is 6.44. The van der Waals surface area contributed by atoms with Gasteiger partial charge in [-0.1, -0.05) is 0 Å². The molecule has 9 heteroatoms. The van der Waals surface area contributed by atoms with Crippen molar-refractivity contribution in [2.24, 2.45) is 0 Å². The lowest BCUT2D eigenvalue weighted by molar-refractivity contribution is -0.384. The van der Waals surface area contributed by atoms with E-state index >= 15 is 0 Å². The summed E-state index contributed by atoms with van der Waals surface area (Å²) < 4.78 is 10.8. The summed E-state index contributed by atoms with van der Waals surface area (Å²) in [5.41, 5.74) is 0.121. The fourth-order valence-electron chi connectivity index (χ4n) is 3.21. The monoisotopic (exact) mass is 336 g/mol. The zero-order valence-electron chi connectivity index (χ0n) is 12.7. The number of esters is 1. The van der Waals surface area contributed by atoms with Crippen molar-refractivity contribution in [3.63, 3.8) is 0 Å². The molecule has 0 radical (unpaired) electrons. The van der Waals surface area contributed by atoms with Crippen LogP contribution in [0.25, 0.3) is 0 Å². The van der Waals surface area contributed by atoms with Crippen LogP contribution in [-0.2, 0) is 9.47 Å². The van der Waals surface area contributed by atoms with Gasteiger partial charge in [0.25, 0.3) is 5.69 Å². The number of morpholine rings is 1. The predicted molar refractivity (Wildman–Crippen MR) is 79.8 cm³/mol. The molecule has 1 N–H and O–H groups in total. The van der Waals surface area contributed by atoms with Gasteiger partial charge >= 0.3 is 12.1 Å². The van der Waals surface area contributed by atoms with E-state index in [1.165, 1.54) is 29.2 Å². The second-order valence-electron chi connectivity index (χ2n) is 5.84. The van der Waals surface area contributed by atoms with Crippen LogP contribution in [0.15, 0.2) is 24.3 Å². The average Bonchev–Trinajstić information content (AvgIpc) is 2.53. The van der Waals surface area contributed by atoms with E-state index in [4.69, 9.17) is 9.47 Å². The molecule has 24 heavy (non-hydrogen) atoms. The van der Waals surface area contributed by atoms with Crippen molar-refractivity contribution in [3.05, 3.63) is 39.9 Å². The fraction of sp³-hybridized carbons (Fsp3) is 0.467. The van der Waals surface area contributed by atoms with Crippen LogP contribution in [0.3, 0.4) is 0 Å². The van der Waals surface area contributed by atoms with Gasteiger partial charge in [-0.15, -0.1) is 0 Å². The van der Waals surface area contributed by atoms with Gasteiger partial charge in [0.05, 0.1) is 35.8 Å². The molecule has 0 saturated carbocycles. The zero-order chi connectivity index (χ0) is 17.3. The summed E-state index contributed by atoms with van der Waals surface area (Å²) in [5, 5.41) is 19.9. The number of piperidine rings is 1. The van der Waals surface area contributed by atoms with Gasteiger partial charge in [0.1, 0.15) is 6.10 Å². The molecule has 9 nitrogen and oxygen atoms in total. The lowest BCUT2D eigenvalue weighted by atomic mass is 9.92. The Labute approximate surface area is 136 Å². The number of carboxylic acid groups (broad SMARTS) is 1. The molecule has 2 bridgehead atoms. The number of benzene rings is 1. The molecule has 1 amide bonds. The van der Waals surface area contributed by atoms with Crippen LogP contribution in [0.4, 0.5) is 10.5 Å². The number of carbonyl (C=O) groups excluding carboxylic acids is 1. The van der Waals surface area contributed by atoms with Crippen molar-refractivity contribution in [3.8, 4) is 0 Å². The fourth-order valence-corrected chi connectivity index (χ4v) is 3.21. The SMILES string of the molecule is O=C(O[C@@H]1C[C@H]2COC[C@@H](C1)N2C(=O)O)c1ccc([N+](=O)[O-])cc1. The van der Waals surface area contributed by atoms with Crippen LogP contribution in [0.2, 0.25) is 0 Å². The largest absolute Gasteiger partial charge is 0.465 e. The van der Waals surface area contributed by atoms with Crippen molar-refractivity contribution in [2.45, 2.75) is 31.0 Å². The van der Waals surface area contributed by atoms with Crippen molar-refractivity contribution in [2.75, 3.05) is 13.2 Å². The molecule has 0 aromatic heterocycles. The topological polar surface area (TPSA) is 119 Å². The first-order valence-corrected chi connectivity index (χ1v) is 7.50. The molecule has 2 saturated heterocycles. The number of carbonyl (C=O) groups is 2. The van der Waals surface area contributed by atoms with Gasteiger partial charge in [0, 0.05) is 25.0 Å². The molecule has 0 aliphatic carbocycles. The maximum absolute atomic E-state index is 12.2. The molecule has 1 aromatic rings. The Morgan fingerprint density at radius 3 is 2.29 bits per heavy atom. The van der Waals surface area contributed by atoms with Crippen LogP contribution in [-0.4, -0.2) is 58.4 Å². The van der Waals surface area contributed by atoms with Crippen molar-refractivity contribution >= 4 is 17.7 Å². The first kappa shape index (κ1) is 16.2. The Bertz CT molecular complexity index is 646. The summed E-state index contributed by atoms with van der Waals surface area (Å²) in [7, 11) is 0. The minimum Gasteiger partial charge on any atom is -0.465 e. The number of hydrogen-bond acceptors (Lipinski definition) is 6. The summed E-state index contributed by atoms with van der Waals surface area (Å²) >= 11 is 0. The molecule has 2 aliphatic heterocycles. The molecule has 1 aromatic carbocycles. The van der Waals surface area contributed by atoms with Crippen LogP contribution < -0.4 is 0 Å². The van der Waals surface area contributed by atoms with Gasteiger partial charge in [-0.05, 0) is 12.1 Å². The third-order valence-electron chi connectivity index (χ3n) is 4.29. The highest BCUT2D eigenvalue weighted by atomic mass is 16.6. The Balaban J connectivity index is 1.65. The molecule has 2 heterocycles. The number of amides is 1. The number of hydrogen-bond donors (Lipinski definition) is 1. The van der Waals surface area contributed by atoms with E-state index in [0.717, 1.165) is 0 Å².